The molecule has 3 nitrogen and oxygen atoms in total. The van der Waals surface area contributed by atoms with E-state index < -0.39 is 0 Å². The minimum absolute atomic E-state index is 0.0132. The molecule has 0 aromatic heterocycles. The zero-order chi connectivity index (χ0) is 16.4. The van der Waals surface area contributed by atoms with E-state index >= 15 is 0 Å². The quantitative estimate of drug-likeness (QED) is 0.783. The molecular weight excluding hydrogens is 372 g/mol. The monoisotopic (exact) mass is 386 g/mol. The van der Waals surface area contributed by atoms with Gasteiger partial charge in [-0.2, -0.15) is 0 Å². The summed E-state index contributed by atoms with van der Waals surface area (Å²) in [7, 11) is 0. The molecule has 0 fully saturated rings. The molecular formula is C18H15BrN2OS. The molecule has 116 valence electrons. The third-order valence-corrected chi connectivity index (χ3v) is 4.47. The number of thiocarbonyl (C=S) groups is 1. The van der Waals surface area contributed by atoms with Crippen molar-refractivity contribution in [2.45, 2.75) is 13.0 Å². The second-order valence-electron chi connectivity index (χ2n) is 5.29. The summed E-state index contributed by atoms with van der Waals surface area (Å²) in [6.07, 6.45) is 0. The SMILES string of the molecule is CC(=O)C1=C(c2ccccc2)NC(=S)N[C@@H]1c1ccc(Br)cc1. The molecule has 0 unspecified atom stereocenters. The average molecular weight is 387 g/mol. The van der Waals surface area contributed by atoms with Crippen molar-refractivity contribution in [1.29, 1.82) is 0 Å². The van der Waals surface area contributed by atoms with Crippen molar-refractivity contribution in [1.82, 2.24) is 10.6 Å². The topological polar surface area (TPSA) is 41.1 Å². The van der Waals surface area contributed by atoms with E-state index in [4.69, 9.17) is 12.2 Å². The molecule has 3 rings (SSSR count). The second-order valence-corrected chi connectivity index (χ2v) is 6.62. The summed E-state index contributed by atoms with van der Waals surface area (Å²) in [5.41, 5.74) is 3.40. The van der Waals surface area contributed by atoms with Crippen LogP contribution in [0, 0.1) is 0 Å². The molecule has 5 heteroatoms. The fourth-order valence-electron chi connectivity index (χ4n) is 2.68. The van der Waals surface area contributed by atoms with Gasteiger partial charge in [0.05, 0.1) is 11.7 Å². The summed E-state index contributed by atoms with van der Waals surface area (Å²) in [5.74, 6) is 0.0132. The van der Waals surface area contributed by atoms with Crippen molar-refractivity contribution in [2.24, 2.45) is 0 Å². The van der Waals surface area contributed by atoms with Crippen LogP contribution in [0.2, 0.25) is 0 Å². The third kappa shape index (κ3) is 3.35. The lowest BCUT2D eigenvalue weighted by Crippen LogP contribution is -2.44. The van der Waals surface area contributed by atoms with Crippen LogP contribution >= 0.6 is 28.1 Å². The number of halogens is 1. The van der Waals surface area contributed by atoms with E-state index in [9.17, 15) is 4.79 Å². The van der Waals surface area contributed by atoms with E-state index in [1.165, 1.54) is 0 Å². The van der Waals surface area contributed by atoms with Crippen LogP contribution in [0.1, 0.15) is 24.1 Å². The van der Waals surface area contributed by atoms with Gasteiger partial charge in [0, 0.05) is 10.0 Å². The van der Waals surface area contributed by atoms with Gasteiger partial charge in [0.25, 0.3) is 0 Å². The minimum atomic E-state index is -0.260. The second kappa shape index (κ2) is 6.64. The van der Waals surface area contributed by atoms with E-state index in [1.54, 1.807) is 6.92 Å². The molecule has 0 spiro atoms. The summed E-state index contributed by atoms with van der Waals surface area (Å²) in [6.45, 7) is 1.59. The fraction of sp³-hybridized carbons (Fsp3) is 0.111. The van der Waals surface area contributed by atoms with E-state index in [-0.39, 0.29) is 11.8 Å². The number of benzene rings is 2. The van der Waals surface area contributed by atoms with E-state index in [2.05, 4.69) is 26.6 Å². The van der Waals surface area contributed by atoms with Crippen LogP contribution in [0.25, 0.3) is 5.70 Å². The van der Waals surface area contributed by atoms with Gasteiger partial charge in [0.2, 0.25) is 0 Å². The van der Waals surface area contributed by atoms with Crippen molar-refractivity contribution in [2.75, 3.05) is 0 Å². The van der Waals surface area contributed by atoms with Crippen LogP contribution in [0.4, 0.5) is 0 Å². The number of hydrogen-bond acceptors (Lipinski definition) is 2. The molecule has 0 aliphatic carbocycles. The first kappa shape index (κ1) is 15.9. The Balaban J connectivity index is 2.16. The van der Waals surface area contributed by atoms with Crippen molar-refractivity contribution in [3.8, 4) is 0 Å². The van der Waals surface area contributed by atoms with Crippen molar-refractivity contribution < 1.29 is 4.79 Å². The Morgan fingerprint density at radius 3 is 2.35 bits per heavy atom. The molecule has 1 heterocycles. The average Bonchev–Trinajstić information content (AvgIpc) is 2.55. The van der Waals surface area contributed by atoms with Gasteiger partial charge in [-0.3, -0.25) is 4.79 Å². The molecule has 0 amide bonds. The van der Waals surface area contributed by atoms with Gasteiger partial charge in [-0.25, -0.2) is 0 Å². The predicted octanol–water partition coefficient (Wildman–Crippen LogP) is 3.97. The summed E-state index contributed by atoms with van der Waals surface area (Å²) >= 11 is 8.78. The number of carbonyl (C=O) groups is 1. The summed E-state index contributed by atoms with van der Waals surface area (Å²) in [4.78, 5) is 12.3. The summed E-state index contributed by atoms with van der Waals surface area (Å²) in [5, 5.41) is 6.87. The van der Waals surface area contributed by atoms with Gasteiger partial charge in [-0.1, -0.05) is 58.4 Å². The molecule has 0 radical (unpaired) electrons. The van der Waals surface area contributed by atoms with Gasteiger partial charge in [0.15, 0.2) is 10.9 Å². The van der Waals surface area contributed by atoms with Crippen LogP contribution in [0.3, 0.4) is 0 Å². The molecule has 0 saturated heterocycles. The molecule has 2 aromatic carbocycles. The number of Topliss-reactive ketones (excluding diaryl/α,β-unsaturated/α-hetero) is 1. The molecule has 23 heavy (non-hydrogen) atoms. The van der Waals surface area contributed by atoms with Crippen LogP contribution in [-0.4, -0.2) is 10.9 Å². The summed E-state index contributed by atoms with van der Waals surface area (Å²) < 4.78 is 0.995. The van der Waals surface area contributed by atoms with Crippen LogP contribution in [0.5, 0.6) is 0 Å². The number of nitrogens with one attached hydrogen (secondary N) is 2. The molecule has 1 atom stereocenters. The normalized spacial score (nSPS) is 17.5. The third-order valence-electron chi connectivity index (χ3n) is 3.72. The standard InChI is InChI=1S/C18H15BrN2OS/c1-11(22)15-16(12-5-3-2-4-6-12)20-18(23)21-17(15)13-7-9-14(19)10-8-13/h2-10,17H,1H3,(H2,20,21,23)/t17-/m1/s1. The highest BCUT2D eigenvalue weighted by Gasteiger charge is 2.29. The minimum Gasteiger partial charge on any atom is -0.351 e. The molecule has 2 N–H and O–H groups in total. The van der Waals surface area contributed by atoms with Gasteiger partial charge >= 0.3 is 0 Å². The number of hydrogen-bond donors (Lipinski definition) is 2. The predicted molar refractivity (Wildman–Crippen MR) is 99.8 cm³/mol. The first-order valence-corrected chi connectivity index (χ1v) is 8.40. The zero-order valence-electron chi connectivity index (χ0n) is 12.5. The Bertz CT molecular complexity index is 784. The van der Waals surface area contributed by atoms with Crippen LogP contribution in [-0.2, 0) is 4.79 Å². The van der Waals surface area contributed by atoms with Gasteiger partial charge < -0.3 is 10.6 Å². The Morgan fingerprint density at radius 1 is 1.09 bits per heavy atom. The maximum Gasteiger partial charge on any atom is 0.171 e. The Kier molecular flexibility index (Phi) is 4.59. The number of carbonyl (C=O) groups excluding carboxylic acids is 1. The van der Waals surface area contributed by atoms with Gasteiger partial charge in [-0.15, -0.1) is 0 Å². The lowest BCUT2D eigenvalue weighted by molar-refractivity contribution is -0.113. The lowest BCUT2D eigenvalue weighted by Gasteiger charge is -2.31. The molecule has 1 aliphatic heterocycles. The van der Waals surface area contributed by atoms with Crippen molar-refractivity contribution >= 4 is 44.7 Å². The van der Waals surface area contributed by atoms with Crippen LogP contribution < -0.4 is 10.6 Å². The Morgan fingerprint density at radius 2 is 1.74 bits per heavy atom. The molecule has 2 aromatic rings. The zero-order valence-corrected chi connectivity index (χ0v) is 14.9. The number of ketones is 1. The van der Waals surface area contributed by atoms with Crippen molar-refractivity contribution in [3.05, 3.63) is 75.8 Å². The summed E-state index contributed by atoms with van der Waals surface area (Å²) in [6, 6.07) is 17.4. The van der Waals surface area contributed by atoms with Crippen molar-refractivity contribution in [3.63, 3.8) is 0 Å². The number of rotatable bonds is 3. The maximum atomic E-state index is 12.3. The first-order chi connectivity index (χ1) is 11.1. The first-order valence-electron chi connectivity index (χ1n) is 7.20. The molecule has 0 saturated carbocycles. The van der Waals surface area contributed by atoms with Crippen LogP contribution in [0.15, 0.2) is 64.6 Å². The smallest absolute Gasteiger partial charge is 0.171 e. The van der Waals surface area contributed by atoms with Gasteiger partial charge in [0.1, 0.15) is 0 Å². The molecule has 0 bridgehead atoms. The van der Waals surface area contributed by atoms with E-state index in [1.807, 2.05) is 54.6 Å². The van der Waals surface area contributed by atoms with Gasteiger partial charge in [-0.05, 0) is 42.4 Å². The highest BCUT2D eigenvalue weighted by Crippen LogP contribution is 2.32. The fourth-order valence-corrected chi connectivity index (χ4v) is 3.17. The molecule has 1 aliphatic rings. The lowest BCUT2D eigenvalue weighted by atomic mass is 9.90. The highest BCUT2D eigenvalue weighted by molar-refractivity contribution is 9.10. The Labute approximate surface area is 148 Å². The van der Waals surface area contributed by atoms with E-state index in [0.29, 0.717) is 10.7 Å². The highest BCUT2D eigenvalue weighted by atomic mass is 79.9. The maximum absolute atomic E-state index is 12.3. The largest absolute Gasteiger partial charge is 0.351 e. The Hall–Kier alpha value is -1.98. The van der Waals surface area contributed by atoms with E-state index in [0.717, 1.165) is 21.3 Å².